The number of ether oxygens (including phenoxy) is 2. The second-order valence-corrected chi connectivity index (χ2v) is 6.38. The molecule has 2 aromatic carbocycles. The lowest BCUT2D eigenvalue weighted by molar-refractivity contribution is 0.0955. The minimum absolute atomic E-state index is 0.245. The van der Waals surface area contributed by atoms with Gasteiger partial charge in [0.25, 0.3) is 5.91 Å². The fraction of sp³-hybridized carbons (Fsp3) is 0.364. The van der Waals surface area contributed by atoms with Gasteiger partial charge in [0, 0.05) is 5.56 Å². The molecule has 0 heterocycles. The highest BCUT2D eigenvalue weighted by Crippen LogP contribution is 2.27. The largest absolute Gasteiger partial charge is 0.493 e. The summed E-state index contributed by atoms with van der Waals surface area (Å²) in [5.74, 6) is 1.12. The lowest BCUT2D eigenvalue weighted by atomic mass is 10.1. The van der Waals surface area contributed by atoms with Crippen LogP contribution in [0.5, 0.6) is 11.5 Å². The Bertz CT molecular complexity index is 755. The van der Waals surface area contributed by atoms with Crippen molar-refractivity contribution < 1.29 is 14.3 Å². The average molecular weight is 368 g/mol. The van der Waals surface area contributed by atoms with Crippen molar-refractivity contribution in [2.24, 2.45) is 5.10 Å². The first-order valence-electron chi connectivity index (χ1n) is 9.35. The summed E-state index contributed by atoms with van der Waals surface area (Å²) in [6.45, 7) is 4.84. The zero-order valence-electron chi connectivity index (χ0n) is 16.3. The molecule has 1 N–H and O–H groups in total. The lowest BCUT2D eigenvalue weighted by Gasteiger charge is -2.11. The van der Waals surface area contributed by atoms with Gasteiger partial charge in [-0.25, -0.2) is 5.43 Å². The van der Waals surface area contributed by atoms with Crippen LogP contribution in [0.3, 0.4) is 0 Å². The standard InChI is InChI=1S/C22H28N2O3/c1-4-5-6-7-14-27-20-13-10-18(15-21(20)26-3)16-23-24-22(25)19-11-8-17(2)9-12-19/h8-13,15-16H,4-7,14H2,1-3H3,(H,24,25)/b23-16+. The number of nitrogens with one attached hydrogen (secondary N) is 1. The van der Waals surface area contributed by atoms with Crippen molar-refractivity contribution in [3.8, 4) is 11.5 Å². The molecule has 0 bridgehead atoms. The molecule has 1 amide bonds. The van der Waals surface area contributed by atoms with Gasteiger partial charge in [-0.3, -0.25) is 4.79 Å². The fourth-order valence-corrected chi connectivity index (χ4v) is 2.53. The van der Waals surface area contributed by atoms with Crippen LogP contribution in [0, 0.1) is 6.92 Å². The maximum absolute atomic E-state index is 12.0. The molecule has 0 spiro atoms. The van der Waals surface area contributed by atoms with Crippen molar-refractivity contribution in [2.75, 3.05) is 13.7 Å². The molecule has 0 atom stereocenters. The van der Waals surface area contributed by atoms with Crippen molar-refractivity contribution in [1.82, 2.24) is 5.43 Å². The first kappa shape index (κ1) is 20.5. The van der Waals surface area contributed by atoms with Gasteiger partial charge < -0.3 is 9.47 Å². The van der Waals surface area contributed by atoms with Gasteiger partial charge in [0.15, 0.2) is 11.5 Å². The molecule has 0 aromatic heterocycles. The minimum Gasteiger partial charge on any atom is -0.493 e. The summed E-state index contributed by atoms with van der Waals surface area (Å²) in [7, 11) is 1.61. The number of hydrazone groups is 1. The van der Waals surface area contributed by atoms with E-state index in [1.165, 1.54) is 19.3 Å². The van der Waals surface area contributed by atoms with E-state index in [1.54, 1.807) is 25.5 Å². The van der Waals surface area contributed by atoms with E-state index in [2.05, 4.69) is 17.5 Å². The number of hydrogen-bond donors (Lipinski definition) is 1. The summed E-state index contributed by atoms with van der Waals surface area (Å²) in [6.07, 6.45) is 6.22. The number of rotatable bonds is 10. The topological polar surface area (TPSA) is 59.9 Å². The predicted octanol–water partition coefficient (Wildman–Crippen LogP) is 4.73. The molecular weight excluding hydrogens is 340 g/mol. The van der Waals surface area contributed by atoms with Crippen LogP contribution in [0.1, 0.15) is 54.1 Å². The average Bonchev–Trinajstić information content (AvgIpc) is 2.69. The van der Waals surface area contributed by atoms with Gasteiger partial charge in [0.2, 0.25) is 0 Å². The Hall–Kier alpha value is -2.82. The van der Waals surface area contributed by atoms with Crippen molar-refractivity contribution >= 4 is 12.1 Å². The van der Waals surface area contributed by atoms with Crippen LogP contribution in [-0.4, -0.2) is 25.8 Å². The molecule has 2 aromatic rings. The van der Waals surface area contributed by atoms with E-state index in [0.717, 1.165) is 23.3 Å². The first-order chi connectivity index (χ1) is 13.1. The van der Waals surface area contributed by atoms with Crippen LogP contribution >= 0.6 is 0 Å². The van der Waals surface area contributed by atoms with Crippen molar-refractivity contribution in [3.05, 3.63) is 59.2 Å². The SMILES string of the molecule is CCCCCCOc1ccc(/C=N/NC(=O)c2ccc(C)cc2)cc1OC. The third-order valence-corrected chi connectivity index (χ3v) is 4.14. The minimum atomic E-state index is -0.245. The number of aryl methyl sites for hydroxylation is 1. The van der Waals surface area contributed by atoms with Crippen molar-refractivity contribution in [2.45, 2.75) is 39.5 Å². The fourth-order valence-electron chi connectivity index (χ4n) is 2.53. The van der Waals surface area contributed by atoms with E-state index in [1.807, 2.05) is 37.3 Å². The molecular formula is C22H28N2O3. The van der Waals surface area contributed by atoms with E-state index >= 15 is 0 Å². The Kier molecular flexibility index (Phi) is 8.36. The highest BCUT2D eigenvalue weighted by atomic mass is 16.5. The molecule has 27 heavy (non-hydrogen) atoms. The summed E-state index contributed by atoms with van der Waals surface area (Å²) in [5.41, 5.74) is 5.02. The molecule has 0 saturated carbocycles. The summed E-state index contributed by atoms with van der Waals surface area (Å²) < 4.78 is 11.2. The quantitative estimate of drug-likeness (QED) is 0.375. The van der Waals surface area contributed by atoms with Gasteiger partial charge in [0.05, 0.1) is 19.9 Å². The van der Waals surface area contributed by atoms with Crippen LogP contribution in [0.25, 0.3) is 0 Å². The molecule has 144 valence electrons. The van der Waals surface area contributed by atoms with E-state index < -0.39 is 0 Å². The zero-order chi connectivity index (χ0) is 19.5. The summed E-state index contributed by atoms with van der Waals surface area (Å²) >= 11 is 0. The van der Waals surface area contributed by atoms with E-state index in [4.69, 9.17) is 9.47 Å². The number of carbonyl (C=O) groups excluding carboxylic acids is 1. The monoisotopic (exact) mass is 368 g/mol. The molecule has 0 unspecified atom stereocenters. The van der Waals surface area contributed by atoms with E-state index in [9.17, 15) is 4.79 Å². The Balaban J connectivity index is 1.91. The number of nitrogens with zero attached hydrogens (tertiary/aromatic N) is 1. The van der Waals surface area contributed by atoms with Crippen LogP contribution in [0.2, 0.25) is 0 Å². The van der Waals surface area contributed by atoms with Crippen LogP contribution in [0.15, 0.2) is 47.6 Å². The van der Waals surface area contributed by atoms with Gasteiger partial charge >= 0.3 is 0 Å². The molecule has 0 aliphatic rings. The highest BCUT2D eigenvalue weighted by Gasteiger charge is 2.06. The predicted molar refractivity (Wildman–Crippen MR) is 109 cm³/mol. The highest BCUT2D eigenvalue weighted by molar-refractivity contribution is 5.94. The van der Waals surface area contributed by atoms with E-state index in [0.29, 0.717) is 17.9 Å². The Morgan fingerprint density at radius 3 is 2.56 bits per heavy atom. The lowest BCUT2D eigenvalue weighted by Crippen LogP contribution is -2.17. The van der Waals surface area contributed by atoms with Gasteiger partial charge in [-0.2, -0.15) is 5.10 Å². The van der Waals surface area contributed by atoms with Crippen LogP contribution in [0.4, 0.5) is 0 Å². The second-order valence-electron chi connectivity index (χ2n) is 6.38. The number of benzene rings is 2. The van der Waals surface area contributed by atoms with Gasteiger partial charge in [-0.15, -0.1) is 0 Å². The summed E-state index contributed by atoms with van der Waals surface area (Å²) in [5, 5.41) is 4.02. The zero-order valence-corrected chi connectivity index (χ0v) is 16.3. The summed E-state index contributed by atoms with van der Waals surface area (Å²) in [6, 6.07) is 12.9. The smallest absolute Gasteiger partial charge is 0.271 e. The Morgan fingerprint density at radius 2 is 1.85 bits per heavy atom. The maximum atomic E-state index is 12.0. The number of amides is 1. The van der Waals surface area contributed by atoms with Gasteiger partial charge in [-0.05, 0) is 49.2 Å². The van der Waals surface area contributed by atoms with Crippen LogP contribution < -0.4 is 14.9 Å². The molecule has 5 heteroatoms. The molecule has 0 radical (unpaired) electrons. The molecule has 0 aliphatic carbocycles. The molecule has 5 nitrogen and oxygen atoms in total. The molecule has 0 saturated heterocycles. The molecule has 0 fully saturated rings. The van der Waals surface area contributed by atoms with Crippen molar-refractivity contribution in [1.29, 1.82) is 0 Å². The van der Waals surface area contributed by atoms with Gasteiger partial charge in [-0.1, -0.05) is 43.9 Å². The number of methoxy groups -OCH3 is 1. The third-order valence-electron chi connectivity index (χ3n) is 4.14. The van der Waals surface area contributed by atoms with Crippen molar-refractivity contribution in [3.63, 3.8) is 0 Å². The summed E-state index contributed by atoms with van der Waals surface area (Å²) in [4.78, 5) is 12.0. The Morgan fingerprint density at radius 1 is 1.07 bits per heavy atom. The maximum Gasteiger partial charge on any atom is 0.271 e. The molecule has 0 aliphatic heterocycles. The number of hydrogen-bond acceptors (Lipinski definition) is 4. The van der Waals surface area contributed by atoms with E-state index in [-0.39, 0.29) is 5.91 Å². The van der Waals surface area contributed by atoms with Crippen LogP contribution in [-0.2, 0) is 0 Å². The number of carbonyl (C=O) groups is 1. The Labute approximate surface area is 161 Å². The first-order valence-corrected chi connectivity index (χ1v) is 9.35. The normalized spacial score (nSPS) is 10.8. The second kappa shape index (κ2) is 11.0. The number of unbranched alkanes of at least 4 members (excludes halogenated alkanes) is 3. The molecule has 2 rings (SSSR count). The van der Waals surface area contributed by atoms with Gasteiger partial charge in [0.1, 0.15) is 0 Å². The third kappa shape index (κ3) is 6.77.